The Morgan fingerprint density at radius 1 is 1.26 bits per heavy atom. The van der Waals surface area contributed by atoms with Crippen molar-refractivity contribution in [3.63, 3.8) is 0 Å². The Balaban J connectivity index is 2.03. The van der Waals surface area contributed by atoms with Crippen LogP contribution in [0.15, 0.2) is 24.3 Å². The summed E-state index contributed by atoms with van der Waals surface area (Å²) in [7, 11) is 0. The highest BCUT2D eigenvalue weighted by Crippen LogP contribution is 2.14. The summed E-state index contributed by atoms with van der Waals surface area (Å²) in [5.41, 5.74) is 1.23. The van der Waals surface area contributed by atoms with Crippen LogP contribution in [0.2, 0.25) is 0 Å². The highest BCUT2D eigenvalue weighted by atomic mass is 32.1. The summed E-state index contributed by atoms with van der Waals surface area (Å²) < 4.78 is 11.4. The highest BCUT2D eigenvalue weighted by molar-refractivity contribution is 7.03. The molecule has 0 bridgehead atoms. The molecule has 0 radical (unpaired) electrons. The van der Waals surface area contributed by atoms with E-state index in [1.54, 1.807) is 0 Å². The van der Waals surface area contributed by atoms with Gasteiger partial charge in [-0.1, -0.05) is 24.3 Å². The van der Waals surface area contributed by atoms with Gasteiger partial charge in [0.1, 0.15) is 11.6 Å². The van der Waals surface area contributed by atoms with Gasteiger partial charge < -0.3 is 15.4 Å². The zero-order valence-electron chi connectivity index (χ0n) is 16.5. The Labute approximate surface area is 165 Å². The fourth-order valence-corrected chi connectivity index (χ4v) is 3.33. The lowest BCUT2D eigenvalue weighted by molar-refractivity contribution is -0.118. The van der Waals surface area contributed by atoms with Crippen LogP contribution in [0.5, 0.6) is 5.75 Å². The number of benzene rings is 1. The van der Waals surface area contributed by atoms with Crippen LogP contribution in [0, 0.1) is 0 Å². The molecule has 0 aliphatic carbocycles. The SMILES string of the molecule is C/C=c1/snc(NCCCNC(C)=O)/c1=C/Cc1ccc(OC(C)C)cc1. The van der Waals surface area contributed by atoms with Crippen LogP contribution in [0.3, 0.4) is 0 Å². The van der Waals surface area contributed by atoms with Crippen LogP contribution >= 0.6 is 11.5 Å². The van der Waals surface area contributed by atoms with Crippen LogP contribution in [-0.2, 0) is 11.2 Å². The third-order valence-electron chi connectivity index (χ3n) is 3.88. The molecule has 0 fully saturated rings. The number of carbonyl (C=O) groups excluding carboxylic acids is 1. The van der Waals surface area contributed by atoms with Gasteiger partial charge in [0.05, 0.1) is 10.6 Å². The Kier molecular flexibility index (Phi) is 8.33. The van der Waals surface area contributed by atoms with Gasteiger partial charge in [-0.3, -0.25) is 4.79 Å². The minimum atomic E-state index is 0.00497. The van der Waals surface area contributed by atoms with Crippen LogP contribution in [0.1, 0.15) is 39.7 Å². The average Bonchev–Trinajstić information content (AvgIpc) is 3.02. The molecule has 0 saturated heterocycles. The number of anilines is 1. The summed E-state index contributed by atoms with van der Waals surface area (Å²) >= 11 is 1.50. The first-order chi connectivity index (χ1) is 13.0. The summed E-state index contributed by atoms with van der Waals surface area (Å²) in [4.78, 5) is 10.9. The fraction of sp³-hybridized carbons (Fsp3) is 0.429. The Hall–Kier alpha value is -2.34. The molecule has 0 atom stereocenters. The summed E-state index contributed by atoms with van der Waals surface area (Å²) in [5.74, 6) is 1.82. The predicted molar refractivity (Wildman–Crippen MR) is 114 cm³/mol. The lowest BCUT2D eigenvalue weighted by Gasteiger charge is -2.09. The fourth-order valence-electron chi connectivity index (χ4n) is 2.60. The van der Waals surface area contributed by atoms with Crippen molar-refractivity contribution in [2.75, 3.05) is 18.4 Å². The van der Waals surface area contributed by atoms with E-state index in [4.69, 9.17) is 4.74 Å². The smallest absolute Gasteiger partial charge is 0.216 e. The van der Waals surface area contributed by atoms with Gasteiger partial charge in [-0.25, -0.2) is 0 Å². The highest BCUT2D eigenvalue weighted by Gasteiger charge is 2.02. The first-order valence-electron chi connectivity index (χ1n) is 9.35. The second kappa shape index (κ2) is 10.7. The average molecular weight is 388 g/mol. The van der Waals surface area contributed by atoms with Crippen molar-refractivity contribution >= 4 is 35.4 Å². The molecule has 0 unspecified atom stereocenters. The lowest BCUT2D eigenvalue weighted by Crippen LogP contribution is -2.25. The third kappa shape index (κ3) is 7.06. The molecule has 2 N–H and O–H groups in total. The summed E-state index contributed by atoms with van der Waals surface area (Å²) in [6.45, 7) is 9.06. The van der Waals surface area contributed by atoms with E-state index in [-0.39, 0.29) is 12.0 Å². The zero-order chi connectivity index (χ0) is 19.6. The maximum absolute atomic E-state index is 10.9. The second-order valence-electron chi connectivity index (χ2n) is 6.58. The minimum absolute atomic E-state index is 0.00497. The maximum atomic E-state index is 10.9. The standard InChI is InChI=1S/C21H29N3O2S/c1-5-20-19(21(24-27-20)23-14-6-13-22-16(4)25)12-9-17-7-10-18(11-8-17)26-15(2)3/h5,7-8,10-12,15H,6,9,13-14H2,1-4H3,(H,22,25)(H,23,24)/b19-12+,20-5+. The van der Waals surface area contributed by atoms with Gasteiger partial charge in [-0.2, -0.15) is 4.37 Å². The van der Waals surface area contributed by atoms with E-state index in [9.17, 15) is 4.79 Å². The van der Waals surface area contributed by atoms with E-state index < -0.39 is 0 Å². The summed E-state index contributed by atoms with van der Waals surface area (Å²) in [5, 5.41) is 7.33. The largest absolute Gasteiger partial charge is 0.491 e. The number of aromatic nitrogens is 1. The summed E-state index contributed by atoms with van der Waals surface area (Å²) in [6.07, 6.45) is 6.18. The monoisotopic (exact) mass is 387 g/mol. The van der Waals surface area contributed by atoms with Crippen molar-refractivity contribution in [3.8, 4) is 5.75 Å². The second-order valence-corrected chi connectivity index (χ2v) is 7.38. The number of nitrogens with zero attached hydrogens (tertiary/aromatic N) is 1. The Bertz CT molecular complexity index is 841. The normalized spacial score (nSPS) is 12.5. The molecule has 1 aromatic heterocycles. The van der Waals surface area contributed by atoms with Crippen LogP contribution in [0.4, 0.5) is 5.82 Å². The van der Waals surface area contributed by atoms with Gasteiger partial charge in [-0.05, 0) is 62.8 Å². The maximum Gasteiger partial charge on any atom is 0.216 e. The van der Waals surface area contributed by atoms with E-state index in [0.29, 0.717) is 6.54 Å². The summed E-state index contributed by atoms with van der Waals surface area (Å²) in [6, 6.07) is 8.24. The molecule has 0 aliphatic heterocycles. The van der Waals surface area contributed by atoms with E-state index in [1.165, 1.54) is 28.6 Å². The quantitative estimate of drug-likeness (QED) is 0.650. The van der Waals surface area contributed by atoms with E-state index in [2.05, 4.69) is 39.3 Å². The van der Waals surface area contributed by atoms with Crippen molar-refractivity contribution in [2.45, 2.75) is 46.6 Å². The van der Waals surface area contributed by atoms with Crippen molar-refractivity contribution < 1.29 is 9.53 Å². The van der Waals surface area contributed by atoms with Gasteiger partial charge in [-0.15, -0.1) is 0 Å². The van der Waals surface area contributed by atoms with Crippen LogP contribution in [-0.4, -0.2) is 29.5 Å². The van der Waals surface area contributed by atoms with Gasteiger partial charge in [0.2, 0.25) is 5.91 Å². The molecule has 1 heterocycles. The molecule has 146 valence electrons. The molecular formula is C21H29N3O2S. The molecule has 6 heteroatoms. The zero-order valence-corrected chi connectivity index (χ0v) is 17.4. The molecule has 2 aromatic rings. The van der Waals surface area contributed by atoms with Crippen molar-refractivity contribution in [1.29, 1.82) is 0 Å². The molecule has 0 saturated carbocycles. The van der Waals surface area contributed by atoms with Crippen molar-refractivity contribution in [2.24, 2.45) is 0 Å². The molecule has 27 heavy (non-hydrogen) atoms. The van der Waals surface area contributed by atoms with Gasteiger partial charge in [0.15, 0.2) is 0 Å². The molecule has 0 aliphatic rings. The number of ether oxygens (including phenoxy) is 1. The molecular weight excluding hydrogens is 358 g/mol. The number of hydrogen-bond acceptors (Lipinski definition) is 5. The van der Waals surface area contributed by atoms with Crippen LogP contribution in [0.25, 0.3) is 12.2 Å². The molecule has 0 spiro atoms. The Morgan fingerprint density at radius 2 is 2.00 bits per heavy atom. The predicted octanol–water partition coefficient (Wildman–Crippen LogP) is 2.69. The number of carbonyl (C=O) groups is 1. The van der Waals surface area contributed by atoms with Crippen molar-refractivity contribution in [3.05, 3.63) is 39.6 Å². The molecule has 1 amide bonds. The topological polar surface area (TPSA) is 63.2 Å². The molecule has 5 nitrogen and oxygen atoms in total. The first-order valence-corrected chi connectivity index (χ1v) is 10.1. The van der Waals surface area contributed by atoms with E-state index >= 15 is 0 Å². The van der Waals surface area contributed by atoms with E-state index in [0.717, 1.165) is 36.2 Å². The number of rotatable bonds is 9. The number of amides is 1. The minimum Gasteiger partial charge on any atom is -0.491 e. The molecule has 1 aromatic carbocycles. The van der Waals surface area contributed by atoms with Gasteiger partial charge in [0, 0.05) is 25.2 Å². The van der Waals surface area contributed by atoms with E-state index in [1.807, 2.05) is 32.9 Å². The lowest BCUT2D eigenvalue weighted by atomic mass is 10.1. The number of nitrogens with one attached hydrogen (secondary N) is 2. The van der Waals surface area contributed by atoms with Crippen molar-refractivity contribution in [1.82, 2.24) is 9.69 Å². The van der Waals surface area contributed by atoms with Crippen LogP contribution < -0.4 is 25.1 Å². The third-order valence-corrected chi connectivity index (χ3v) is 4.80. The number of hydrogen-bond donors (Lipinski definition) is 2. The van der Waals surface area contributed by atoms with Gasteiger partial charge in [0.25, 0.3) is 0 Å². The van der Waals surface area contributed by atoms with Gasteiger partial charge >= 0.3 is 0 Å². The Morgan fingerprint density at radius 3 is 2.63 bits per heavy atom. The molecule has 2 rings (SSSR count). The first kappa shape index (κ1) is 21.0.